The van der Waals surface area contributed by atoms with Gasteiger partial charge < -0.3 is 10.1 Å². The summed E-state index contributed by atoms with van der Waals surface area (Å²) in [5.74, 6) is -0.639. The van der Waals surface area contributed by atoms with Gasteiger partial charge in [-0.2, -0.15) is 0 Å². The molecule has 0 spiro atoms. The maximum atomic E-state index is 13.5. The molecule has 0 aliphatic carbocycles. The Balaban J connectivity index is 2.00. The van der Waals surface area contributed by atoms with Crippen LogP contribution in [0.4, 0.5) is 14.5 Å². The van der Waals surface area contributed by atoms with Crippen LogP contribution >= 0.6 is 0 Å². The molecular formula is C14H19F2NO. The number of anilines is 1. The van der Waals surface area contributed by atoms with Crippen molar-refractivity contribution in [2.75, 3.05) is 11.9 Å². The van der Waals surface area contributed by atoms with Crippen molar-refractivity contribution < 1.29 is 13.5 Å². The molecule has 2 unspecified atom stereocenters. The van der Waals surface area contributed by atoms with Gasteiger partial charge in [0.2, 0.25) is 0 Å². The van der Waals surface area contributed by atoms with Crippen molar-refractivity contribution in [1.29, 1.82) is 0 Å². The van der Waals surface area contributed by atoms with Crippen molar-refractivity contribution in [3.8, 4) is 0 Å². The molecule has 0 radical (unpaired) electrons. The Morgan fingerprint density at radius 3 is 2.78 bits per heavy atom. The van der Waals surface area contributed by atoms with Crippen LogP contribution in [0.25, 0.3) is 0 Å². The predicted molar refractivity (Wildman–Crippen MR) is 67.6 cm³/mol. The van der Waals surface area contributed by atoms with E-state index in [0.717, 1.165) is 18.9 Å². The highest BCUT2D eigenvalue weighted by molar-refractivity contribution is 5.45. The van der Waals surface area contributed by atoms with E-state index >= 15 is 0 Å². The van der Waals surface area contributed by atoms with E-state index in [4.69, 9.17) is 4.74 Å². The zero-order valence-corrected chi connectivity index (χ0v) is 10.7. The molecule has 1 fully saturated rings. The predicted octanol–water partition coefficient (Wildman–Crippen LogP) is 3.58. The molecule has 0 aromatic heterocycles. The molecule has 2 nitrogen and oxygen atoms in total. The maximum Gasteiger partial charge on any atom is 0.149 e. The second kappa shape index (κ2) is 5.65. The highest BCUT2D eigenvalue weighted by atomic mass is 19.1. The third-order valence-electron chi connectivity index (χ3n) is 3.35. The highest BCUT2D eigenvalue weighted by Crippen LogP contribution is 2.24. The van der Waals surface area contributed by atoms with Crippen molar-refractivity contribution in [3.63, 3.8) is 0 Å². The lowest BCUT2D eigenvalue weighted by molar-refractivity contribution is -0.0161. The lowest BCUT2D eigenvalue weighted by Crippen LogP contribution is -2.36. The fourth-order valence-electron chi connectivity index (χ4n) is 2.25. The number of hydrogen-bond donors (Lipinski definition) is 1. The van der Waals surface area contributed by atoms with Crippen molar-refractivity contribution in [2.24, 2.45) is 5.92 Å². The summed E-state index contributed by atoms with van der Waals surface area (Å²) in [4.78, 5) is 0. The molecule has 1 aliphatic rings. The van der Waals surface area contributed by atoms with Crippen LogP contribution in [0.3, 0.4) is 0 Å². The zero-order chi connectivity index (χ0) is 13.1. The fourth-order valence-corrected chi connectivity index (χ4v) is 2.25. The smallest absolute Gasteiger partial charge is 0.149 e. The summed E-state index contributed by atoms with van der Waals surface area (Å²) in [5.41, 5.74) is 0.366. The van der Waals surface area contributed by atoms with Gasteiger partial charge in [0.25, 0.3) is 0 Å². The van der Waals surface area contributed by atoms with Crippen molar-refractivity contribution >= 4 is 5.69 Å². The van der Waals surface area contributed by atoms with E-state index in [0.29, 0.717) is 18.2 Å². The summed E-state index contributed by atoms with van der Waals surface area (Å²) < 4.78 is 32.0. The van der Waals surface area contributed by atoms with E-state index in [9.17, 15) is 8.78 Å². The summed E-state index contributed by atoms with van der Waals surface area (Å²) in [6.07, 6.45) is 1.91. The van der Waals surface area contributed by atoms with Gasteiger partial charge in [-0.3, -0.25) is 0 Å². The highest BCUT2D eigenvalue weighted by Gasteiger charge is 2.25. The summed E-state index contributed by atoms with van der Waals surface area (Å²) in [7, 11) is 0. The molecule has 0 saturated carbocycles. The first-order chi connectivity index (χ1) is 8.56. The van der Waals surface area contributed by atoms with Gasteiger partial charge in [-0.05, 0) is 30.9 Å². The Hall–Kier alpha value is -1.16. The monoisotopic (exact) mass is 255 g/mol. The minimum atomic E-state index is -0.551. The van der Waals surface area contributed by atoms with E-state index < -0.39 is 11.6 Å². The molecular weight excluding hydrogens is 236 g/mol. The average Bonchev–Trinajstić information content (AvgIpc) is 2.33. The molecule has 0 amide bonds. The van der Waals surface area contributed by atoms with E-state index in [1.807, 2.05) is 0 Å². The zero-order valence-electron chi connectivity index (χ0n) is 10.7. The standard InChI is InChI=1S/C14H19F2NO/c1-9(2)14-8-11(5-6-18-14)17-13-4-3-10(15)7-12(13)16/h3-4,7,9,11,14,17H,5-6,8H2,1-2H3. The maximum absolute atomic E-state index is 13.5. The number of benzene rings is 1. The third-order valence-corrected chi connectivity index (χ3v) is 3.35. The Kier molecular flexibility index (Phi) is 4.17. The van der Waals surface area contributed by atoms with E-state index in [1.165, 1.54) is 12.1 Å². The van der Waals surface area contributed by atoms with Gasteiger partial charge in [0.15, 0.2) is 0 Å². The number of ether oxygens (including phenoxy) is 1. The van der Waals surface area contributed by atoms with Crippen LogP contribution in [0.2, 0.25) is 0 Å². The Bertz CT molecular complexity index is 409. The third kappa shape index (κ3) is 3.19. The molecule has 1 aromatic carbocycles. The topological polar surface area (TPSA) is 21.3 Å². The first-order valence-electron chi connectivity index (χ1n) is 6.39. The molecule has 18 heavy (non-hydrogen) atoms. The first kappa shape index (κ1) is 13.3. The van der Waals surface area contributed by atoms with Crippen LogP contribution in [0.1, 0.15) is 26.7 Å². The Morgan fingerprint density at radius 1 is 1.33 bits per heavy atom. The van der Waals surface area contributed by atoms with Gasteiger partial charge >= 0.3 is 0 Å². The van der Waals surface area contributed by atoms with Crippen LogP contribution in [0, 0.1) is 17.6 Å². The van der Waals surface area contributed by atoms with Gasteiger partial charge in [-0.25, -0.2) is 8.78 Å². The van der Waals surface area contributed by atoms with Gasteiger partial charge in [0.1, 0.15) is 11.6 Å². The molecule has 4 heteroatoms. The van der Waals surface area contributed by atoms with Crippen LogP contribution < -0.4 is 5.32 Å². The Morgan fingerprint density at radius 2 is 2.11 bits per heavy atom. The number of nitrogens with one attached hydrogen (secondary N) is 1. The normalized spacial score (nSPS) is 24.3. The molecule has 0 bridgehead atoms. The molecule has 1 aromatic rings. The van der Waals surface area contributed by atoms with Crippen LogP contribution in [0.5, 0.6) is 0 Å². The minimum Gasteiger partial charge on any atom is -0.380 e. The lowest BCUT2D eigenvalue weighted by atomic mass is 9.95. The second-order valence-corrected chi connectivity index (χ2v) is 5.14. The summed E-state index contributed by atoms with van der Waals surface area (Å²) in [6.45, 7) is 4.92. The second-order valence-electron chi connectivity index (χ2n) is 5.14. The summed E-state index contributed by atoms with van der Waals surface area (Å²) in [6, 6.07) is 3.81. The Labute approximate surface area is 106 Å². The van der Waals surface area contributed by atoms with Crippen molar-refractivity contribution in [1.82, 2.24) is 0 Å². The van der Waals surface area contributed by atoms with Gasteiger partial charge in [0.05, 0.1) is 11.8 Å². The van der Waals surface area contributed by atoms with Crippen LogP contribution in [-0.4, -0.2) is 18.8 Å². The number of halogens is 2. The van der Waals surface area contributed by atoms with Gasteiger partial charge in [0, 0.05) is 18.7 Å². The van der Waals surface area contributed by atoms with E-state index in [2.05, 4.69) is 19.2 Å². The van der Waals surface area contributed by atoms with Crippen LogP contribution in [-0.2, 0) is 4.74 Å². The molecule has 1 saturated heterocycles. The van der Waals surface area contributed by atoms with E-state index in [-0.39, 0.29) is 12.1 Å². The number of hydrogen-bond acceptors (Lipinski definition) is 2. The van der Waals surface area contributed by atoms with Crippen molar-refractivity contribution in [3.05, 3.63) is 29.8 Å². The molecule has 1 aliphatic heterocycles. The molecule has 2 rings (SSSR count). The SMILES string of the molecule is CC(C)C1CC(Nc2ccc(F)cc2F)CCO1. The van der Waals surface area contributed by atoms with Gasteiger partial charge in [-0.15, -0.1) is 0 Å². The van der Waals surface area contributed by atoms with E-state index in [1.54, 1.807) is 0 Å². The largest absolute Gasteiger partial charge is 0.380 e. The molecule has 1 heterocycles. The van der Waals surface area contributed by atoms with Crippen molar-refractivity contribution in [2.45, 2.75) is 38.8 Å². The first-order valence-corrected chi connectivity index (χ1v) is 6.39. The summed E-state index contributed by atoms with van der Waals surface area (Å²) >= 11 is 0. The quantitative estimate of drug-likeness (QED) is 0.891. The van der Waals surface area contributed by atoms with Gasteiger partial charge in [-0.1, -0.05) is 13.8 Å². The molecule has 2 atom stereocenters. The lowest BCUT2D eigenvalue weighted by Gasteiger charge is -2.33. The number of rotatable bonds is 3. The molecule has 1 N–H and O–H groups in total. The average molecular weight is 255 g/mol. The fraction of sp³-hybridized carbons (Fsp3) is 0.571. The molecule has 100 valence electrons. The summed E-state index contributed by atoms with van der Waals surface area (Å²) in [5, 5.41) is 3.14. The minimum absolute atomic E-state index is 0.186. The van der Waals surface area contributed by atoms with Crippen LogP contribution in [0.15, 0.2) is 18.2 Å².